The molecule has 13 heavy (non-hydrogen) atoms. The largest absolute Gasteiger partial charge is 0.337 e. The van der Waals surface area contributed by atoms with Crippen LogP contribution in [0.15, 0.2) is 0 Å². The number of urea groups is 1. The molecule has 1 rings (SSSR count). The summed E-state index contributed by atoms with van der Waals surface area (Å²) < 4.78 is 0. The van der Waals surface area contributed by atoms with Crippen LogP contribution in [0.4, 0.5) is 4.79 Å². The molecule has 4 heteroatoms. The predicted molar refractivity (Wildman–Crippen MR) is 52.1 cm³/mol. The average molecular weight is 185 g/mol. The van der Waals surface area contributed by atoms with Gasteiger partial charge >= 0.3 is 6.03 Å². The maximum atomic E-state index is 11.5. The minimum atomic E-state index is -0.193. The Morgan fingerprint density at radius 2 is 2.15 bits per heavy atom. The number of hydrogen-bond donors (Lipinski definition) is 2. The van der Waals surface area contributed by atoms with E-state index in [1.165, 1.54) is 0 Å². The monoisotopic (exact) mass is 185 g/mol. The van der Waals surface area contributed by atoms with Crippen molar-refractivity contribution in [3.8, 4) is 0 Å². The van der Waals surface area contributed by atoms with Crippen LogP contribution < -0.4 is 11.1 Å². The van der Waals surface area contributed by atoms with Crippen molar-refractivity contribution in [1.82, 2.24) is 10.2 Å². The van der Waals surface area contributed by atoms with Gasteiger partial charge in [-0.05, 0) is 13.8 Å². The van der Waals surface area contributed by atoms with Crippen LogP contribution in [0.25, 0.3) is 0 Å². The fraction of sp³-hybridized carbons (Fsp3) is 0.889. The Kier molecular flexibility index (Phi) is 2.52. The van der Waals surface area contributed by atoms with E-state index in [0.29, 0.717) is 6.54 Å². The molecule has 0 aromatic carbocycles. The summed E-state index contributed by atoms with van der Waals surface area (Å²) in [5.41, 5.74) is 5.96. The van der Waals surface area contributed by atoms with Gasteiger partial charge in [0.1, 0.15) is 0 Å². The molecule has 0 saturated carbocycles. The van der Waals surface area contributed by atoms with Gasteiger partial charge in [-0.25, -0.2) is 4.79 Å². The summed E-state index contributed by atoms with van der Waals surface area (Å²) in [4.78, 5) is 13.2. The number of carbonyl (C=O) groups is 1. The van der Waals surface area contributed by atoms with E-state index < -0.39 is 0 Å². The lowest BCUT2D eigenvalue weighted by atomic mass is 9.86. The molecule has 0 aromatic rings. The lowest BCUT2D eigenvalue weighted by Crippen LogP contribution is -2.66. The zero-order chi connectivity index (χ0) is 10.2. The normalized spacial score (nSPS) is 27.7. The Morgan fingerprint density at radius 3 is 2.54 bits per heavy atom. The van der Waals surface area contributed by atoms with E-state index in [1.807, 2.05) is 13.8 Å². The maximum absolute atomic E-state index is 11.5. The first-order valence-electron chi connectivity index (χ1n) is 4.68. The van der Waals surface area contributed by atoms with Crippen LogP contribution in [-0.2, 0) is 0 Å². The topological polar surface area (TPSA) is 58.4 Å². The lowest BCUT2D eigenvalue weighted by Gasteiger charge is -2.46. The first-order valence-corrected chi connectivity index (χ1v) is 4.68. The van der Waals surface area contributed by atoms with Crippen molar-refractivity contribution < 1.29 is 4.79 Å². The van der Waals surface area contributed by atoms with E-state index in [2.05, 4.69) is 19.2 Å². The van der Waals surface area contributed by atoms with Crippen molar-refractivity contribution >= 4 is 6.03 Å². The number of rotatable bonds is 1. The summed E-state index contributed by atoms with van der Waals surface area (Å²) in [6.07, 6.45) is -0.193. The van der Waals surface area contributed by atoms with Gasteiger partial charge in [0.05, 0.1) is 6.17 Å². The van der Waals surface area contributed by atoms with E-state index in [-0.39, 0.29) is 23.7 Å². The molecule has 1 unspecified atom stereocenters. The number of carbonyl (C=O) groups excluding carboxylic acids is 1. The number of nitrogens with two attached hydrogens (primary N) is 1. The van der Waals surface area contributed by atoms with Gasteiger partial charge in [0.25, 0.3) is 0 Å². The zero-order valence-electron chi connectivity index (χ0n) is 8.79. The molecule has 0 bridgehead atoms. The molecule has 1 fully saturated rings. The molecule has 0 aromatic heterocycles. The van der Waals surface area contributed by atoms with Gasteiger partial charge in [-0.1, -0.05) is 13.8 Å². The summed E-state index contributed by atoms with van der Waals surface area (Å²) in [5.74, 6) is 0. The summed E-state index contributed by atoms with van der Waals surface area (Å²) >= 11 is 0. The highest BCUT2D eigenvalue weighted by Gasteiger charge is 2.39. The third-order valence-electron chi connectivity index (χ3n) is 2.59. The Morgan fingerprint density at radius 1 is 1.62 bits per heavy atom. The molecule has 0 spiro atoms. The van der Waals surface area contributed by atoms with Crippen LogP contribution in [0.1, 0.15) is 27.7 Å². The van der Waals surface area contributed by atoms with Crippen molar-refractivity contribution in [2.75, 3.05) is 6.54 Å². The smallest absolute Gasteiger partial charge is 0.318 e. The molecule has 0 aliphatic carbocycles. The van der Waals surface area contributed by atoms with E-state index in [9.17, 15) is 4.79 Å². The van der Waals surface area contributed by atoms with Crippen molar-refractivity contribution in [2.45, 2.75) is 39.9 Å². The predicted octanol–water partition coefficient (Wildman–Crippen LogP) is 0.731. The molecular formula is C9H19N3O. The molecule has 1 heterocycles. The third kappa shape index (κ3) is 1.77. The highest BCUT2D eigenvalue weighted by Crippen LogP contribution is 2.25. The molecule has 1 aliphatic rings. The second-order valence-corrected chi connectivity index (χ2v) is 4.59. The highest BCUT2D eigenvalue weighted by atomic mass is 16.2. The summed E-state index contributed by atoms with van der Waals surface area (Å²) in [6.45, 7) is 8.72. The van der Waals surface area contributed by atoms with Crippen molar-refractivity contribution in [3.63, 3.8) is 0 Å². The van der Waals surface area contributed by atoms with Crippen molar-refractivity contribution in [3.05, 3.63) is 0 Å². The fourth-order valence-electron chi connectivity index (χ4n) is 1.56. The molecule has 2 amide bonds. The summed E-state index contributed by atoms with van der Waals surface area (Å²) in [5, 5.41) is 2.84. The van der Waals surface area contributed by atoms with Gasteiger partial charge in [0, 0.05) is 18.0 Å². The third-order valence-corrected chi connectivity index (χ3v) is 2.59. The maximum Gasteiger partial charge on any atom is 0.318 e. The van der Waals surface area contributed by atoms with Gasteiger partial charge in [-0.2, -0.15) is 0 Å². The van der Waals surface area contributed by atoms with Gasteiger partial charge in [0.15, 0.2) is 0 Å². The average Bonchev–Trinajstić information content (AvgIpc) is 1.98. The second kappa shape index (κ2) is 3.18. The van der Waals surface area contributed by atoms with Crippen molar-refractivity contribution in [1.29, 1.82) is 0 Å². The van der Waals surface area contributed by atoms with Crippen LogP contribution in [0.2, 0.25) is 0 Å². The van der Waals surface area contributed by atoms with E-state index in [1.54, 1.807) is 4.90 Å². The minimum absolute atomic E-state index is 0.0539. The molecule has 4 nitrogen and oxygen atoms in total. The molecule has 0 radical (unpaired) electrons. The van der Waals surface area contributed by atoms with Crippen LogP contribution >= 0.6 is 0 Å². The first kappa shape index (κ1) is 10.3. The minimum Gasteiger partial charge on any atom is -0.337 e. The molecule has 1 atom stereocenters. The van der Waals surface area contributed by atoms with Gasteiger partial charge in [-0.15, -0.1) is 0 Å². The Hall–Kier alpha value is -0.770. The number of amides is 2. The fourth-order valence-corrected chi connectivity index (χ4v) is 1.56. The number of hydrogen-bond acceptors (Lipinski definition) is 2. The summed E-state index contributed by atoms with van der Waals surface area (Å²) in [7, 11) is 0. The second-order valence-electron chi connectivity index (χ2n) is 4.59. The van der Waals surface area contributed by atoms with E-state index in [4.69, 9.17) is 5.73 Å². The van der Waals surface area contributed by atoms with Crippen molar-refractivity contribution in [2.24, 2.45) is 11.1 Å². The molecule has 76 valence electrons. The molecular weight excluding hydrogens is 166 g/mol. The van der Waals surface area contributed by atoms with E-state index in [0.717, 1.165) is 0 Å². The van der Waals surface area contributed by atoms with Crippen LogP contribution in [0.3, 0.4) is 0 Å². The Bertz CT molecular complexity index is 213. The standard InChI is InChI=1S/C9H19N3O/c1-6(2)12-7(10)9(3,4)5-11-8(12)13/h6-7H,5,10H2,1-4H3,(H,11,13). The Labute approximate surface area is 79.5 Å². The SMILES string of the molecule is CC(C)N1C(=O)NCC(C)(C)C1N. The van der Waals surface area contributed by atoms with Gasteiger partial charge < -0.3 is 16.0 Å². The van der Waals surface area contributed by atoms with Crippen LogP contribution in [-0.4, -0.2) is 29.7 Å². The first-order chi connectivity index (χ1) is 5.86. The molecule has 3 N–H and O–H groups in total. The zero-order valence-corrected chi connectivity index (χ0v) is 8.79. The van der Waals surface area contributed by atoms with Gasteiger partial charge in [0.2, 0.25) is 0 Å². The quantitative estimate of drug-likeness (QED) is 0.632. The van der Waals surface area contributed by atoms with Crippen LogP contribution in [0, 0.1) is 5.41 Å². The number of nitrogens with one attached hydrogen (secondary N) is 1. The number of nitrogens with zero attached hydrogens (tertiary/aromatic N) is 1. The highest BCUT2D eigenvalue weighted by molar-refractivity contribution is 5.75. The molecule has 1 saturated heterocycles. The lowest BCUT2D eigenvalue weighted by molar-refractivity contribution is 0.0621. The molecule has 1 aliphatic heterocycles. The van der Waals surface area contributed by atoms with E-state index >= 15 is 0 Å². The Balaban J connectivity index is 2.85. The van der Waals surface area contributed by atoms with Gasteiger partial charge in [-0.3, -0.25) is 0 Å². The van der Waals surface area contributed by atoms with Crippen LogP contribution in [0.5, 0.6) is 0 Å². The summed E-state index contributed by atoms with van der Waals surface area (Å²) in [6, 6.07) is 0.0939.